The first-order valence-corrected chi connectivity index (χ1v) is 28.1. The fourth-order valence-electron chi connectivity index (χ4n) is 10.8. The number of nitrogens with one attached hydrogen (secondary N) is 1. The van der Waals surface area contributed by atoms with E-state index in [2.05, 4.69) is 0 Å². The number of piperidine rings is 1. The van der Waals surface area contributed by atoms with Gasteiger partial charge in [0.05, 0.1) is 45.4 Å². The van der Waals surface area contributed by atoms with Crippen molar-refractivity contribution in [3.05, 3.63) is 29.5 Å². The maximum atomic E-state index is 13.4. The summed E-state index contributed by atoms with van der Waals surface area (Å²) >= 11 is 0. The molecule has 8 fully saturated rings. The summed E-state index contributed by atoms with van der Waals surface area (Å²) in [5.74, 6) is -1.46. The Morgan fingerprint density at radius 3 is 1.44 bits per heavy atom. The van der Waals surface area contributed by atoms with Crippen molar-refractivity contribution in [3.63, 3.8) is 0 Å². The van der Waals surface area contributed by atoms with Gasteiger partial charge in [-0.05, 0) is 126 Å². The third-order valence-corrected chi connectivity index (χ3v) is 15.1. The van der Waals surface area contributed by atoms with Crippen molar-refractivity contribution in [3.8, 4) is 5.75 Å². The summed E-state index contributed by atoms with van der Waals surface area (Å²) in [4.78, 5) is 127. The average Bonchev–Trinajstić information content (AvgIpc) is 1.86. The molecule has 3 aliphatic carbocycles. The number of hydrogen-bond acceptors (Lipinski definition) is 18. The Morgan fingerprint density at radius 1 is 0.565 bits per heavy atom. The minimum absolute atomic E-state index is 0. The van der Waals surface area contributed by atoms with Crippen molar-refractivity contribution in [2.24, 2.45) is 5.92 Å². The summed E-state index contributed by atoms with van der Waals surface area (Å²) in [6, 6.07) is 2.39. The molecule has 5 saturated heterocycles. The summed E-state index contributed by atoms with van der Waals surface area (Å²) in [5, 5.41) is 19.2. The molecule has 1 aromatic rings. The summed E-state index contributed by atoms with van der Waals surface area (Å²) < 4.78 is 36.9. The number of rotatable bonds is 10. The first-order valence-electron chi connectivity index (χ1n) is 28.1. The van der Waals surface area contributed by atoms with Crippen LogP contribution in [0.5, 0.6) is 5.75 Å². The first kappa shape index (κ1) is 70.6. The highest BCUT2D eigenvalue weighted by Crippen LogP contribution is 2.39. The highest BCUT2D eigenvalue weighted by atomic mass is 16.8. The maximum absolute atomic E-state index is 13.4. The molecule has 27 heteroatoms. The highest BCUT2D eigenvalue weighted by Gasteiger charge is 2.55. The van der Waals surface area contributed by atoms with E-state index in [-0.39, 0.29) is 108 Å². The van der Waals surface area contributed by atoms with Gasteiger partial charge in [0.25, 0.3) is 0 Å². The largest absolute Gasteiger partial charge is 0.595 e. The van der Waals surface area contributed by atoms with Crippen molar-refractivity contribution in [2.75, 3.05) is 73.7 Å². The van der Waals surface area contributed by atoms with Crippen LogP contribution in [-0.4, -0.2) is 238 Å². The Hall–Kier alpha value is -6.87. The number of ether oxygens (including phenoxy) is 7. The molecule has 1 aromatic carbocycles. The van der Waals surface area contributed by atoms with Gasteiger partial charge in [0.1, 0.15) is 22.6 Å². The lowest BCUT2D eigenvalue weighted by atomic mass is 9.90. The number of amides is 8. The molecule has 5 heterocycles. The van der Waals surface area contributed by atoms with Gasteiger partial charge in [-0.1, -0.05) is 22.3 Å². The van der Waals surface area contributed by atoms with Gasteiger partial charge in [0.2, 0.25) is 0 Å². The van der Waals surface area contributed by atoms with Crippen LogP contribution in [0.1, 0.15) is 136 Å². The lowest BCUT2D eigenvalue weighted by Gasteiger charge is -2.47. The van der Waals surface area contributed by atoms with Crippen molar-refractivity contribution >= 4 is 60.0 Å². The maximum Gasteiger partial charge on any atom is 0.415 e. The standard InChI is InChI=1S/C27H40N4O10.C16H25N3O5.C12H18N2O3.3CH4/c1-26(2,3)40-24(34)28-14-15-29(25(35)41-27(4,5)6)21(22(32)38-7)20(28)16-30(17-8-9-17)23(33)39-19-12-10-18(11-13-19)31(36)37;1-16(2,3)24-15(22)18-8-7-17-11(12(18)13(20)23-4)9-19(14(17)21)10-5-6-10;1-17-11(15)9-3-2-6-13-10(9)7-14(12(13)16)8-4-5-8;;;/h10-13,17,20-21,31,36H,8-9,14-16H2,1-7H3;10-12H,5-9H2,1-4H3;8-10H,2-7H2,1H3;3*1H4/t20-,21+;11-,12+;9-,10+;;;/m001.../s1. The van der Waals surface area contributed by atoms with E-state index in [0.29, 0.717) is 38.5 Å². The molecule has 3 saturated carbocycles. The van der Waals surface area contributed by atoms with Crippen LogP contribution in [0.2, 0.25) is 0 Å². The van der Waals surface area contributed by atoms with E-state index in [1.54, 1.807) is 67.2 Å². The molecule has 85 heavy (non-hydrogen) atoms. The molecular formula is C58H95N9O18. The van der Waals surface area contributed by atoms with Crippen LogP contribution in [0.15, 0.2) is 24.3 Å². The Labute approximate surface area is 500 Å². The topological polar surface area (TPSA) is 292 Å². The first-order chi connectivity index (χ1) is 38.4. The third-order valence-electron chi connectivity index (χ3n) is 15.1. The van der Waals surface area contributed by atoms with Crippen LogP contribution in [0.4, 0.5) is 34.5 Å². The normalized spacial score (nSPS) is 23.9. The summed E-state index contributed by atoms with van der Waals surface area (Å²) in [5.41, 5.74) is -2.32. The van der Waals surface area contributed by atoms with Crippen LogP contribution in [-0.2, 0) is 42.8 Å². The zero-order valence-corrected chi connectivity index (χ0v) is 49.3. The van der Waals surface area contributed by atoms with Gasteiger partial charge < -0.3 is 62.9 Å². The van der Waals surface area contributed by atoms with Crippen LogP contribution < -0.4 is 9.96 Å². The molecule has 2 N–H and O–H groups in total. The highest BCUT2D eigenvalue weighted by molar-refractivity contribution is 5.87. The zero-order valence-electron chi connectivity index (χ0n) is 49.3. The minimum atomic E-state index is -1.31. The second-order valence-corrected chi connectivity index (χ2v) is 24.7. The zero-order chi connectivity index (χ0) is 60.3. The molecule has 480 valence electrons. The lowest BCUT2D eigenvalue weighted by molar-refractivity contribution is -0.991. The second kappa shape index (κ2) is 28.6. The number of benzene rings is 1. The van der Waals surface area contributed by atoms with E-state index in [1.807, 2.05) is 14.7 Å². The van der Waals surface area contributed by atoms with Gasteiger partial charge in [-0.15, -0.1) is 0 Å². The van der Waals surface area contributed by atoms with Crippen molar-refractivity contribution < 1.29 is 86.7 Å². The van der Waals surface area contributed by atoms with Gasteiger partial charge in [0, 0.05) is 82.6 Å². The Balaban J connectivity index is 0.000000296. The van der Waals surface area contributed by atoms with Crippen LogP contribution in [0.3, 0.4) is 0 Å². The number of fused-ring (bicyclic) bond motifs is 2. The van der Waals surface area contributed by atoms with E-state index in [4.69, 9.17) is 38.4 Å². The predicted octanol–water partition coefficient (Wildman–Crippen LogP) is 6.24. The summed E-state index contributed by atoms with van der Waals surface area (Å²) in [7, 11) is 3.90. The molecular weight excluding hydrogens is 1110 g/mol. The molecule has 0 spiro atoms. The Kier molecular flexibility index (Phi) is 23.7. The molecule has 8 amide bonds. The monoisotopic (exact) mass is 1210 g/mol. The number of urea groups is 2. The smallest absolute Gasteiger partial charge is 0.415 e. The summed E-state index contributed by atoms with van der Waals surface area (Å²) in [6.45, 7) is 18.0. The number of carbonyl (C=O) groups excluding carboxylic acids is 9. The number of hydrogen-bond donors (Lipinski definition) is 2. The number of nitrogens with zero attached hydrogens (tertiary/aromatic N) is 8. The number of piperazine rings is 2. The van der Waals surface area contributed by atoms with Crippen LogP contribution >= 0.6 is 0 Å². The second-order valence-electron chi connectivity index (χ2n) is 24.7. The number of quaternary nitrogens is 1. The van der Waals surface area contributed by atoms with E-state index in [9.17, 15) is 48.4 Å². The summed E-state index contributed by atoms with van der Waals surface area (Å²) in [6.07, 6.45) is 4.57. The van der Waals surface area contributed by atoms with Gasteiger partial charge in [-0.3, -0.25) is 19.5 Å². The molecule has 0 bridgehead atoms. The quantitative estimate of drug-likeness (QED) is 0.149. The third kappa shape index (κ3) is 17.6. The fraction of sp³-hybridized carbons (Fsp3) is 0.741. The van der Waals surface area contributed by atoms with Gasteiger partial charge in [-0.25, -0.2) is 43.6 Å². The van der Waals surface area contributed by atoms with Crippen molar-refractivity contribution in [1.29, 1.82) is 0 Å². The van der Waals surface area contributed by atoms with Crippen LogP contribution in [0, 0.1) is 11.1 Å². The molecule has 8 aliphatic rings. The van der Waals surface area contributed by atoms with Gasteiger partial charge >= 0.3 is 54.3 Å². The van der Waals surface area contributed by atoms with Gasteiger partial charge in [0.15, 0.2) is 17.8 Å². The van der Waals surface area contributed by atoms with Crippen molar-refractivity contribution in [1.82, 2.24) is 39.2 Å². The molecule has 7 atom stereocenters. The average molecular weight is 1210 g/mol. The SMILES string of the molecule is C.C.C.COC(=O)[C@@H]1CCCN2C(=O)N(C3CC3)C[C@@H]12.COC(=O)[C@H]1[C@@H]2CN(C3CC3)C(=O)N2CCN1C(=O)OC(C)(C)C.COC(=O)[C@H]1[C@H](CN(C(=O)Oc2ccc([NH+]([O-])O)cc2)C2CC2)N(C(=O)OC(C)(C)C)CCN1C(=O)OC(C)(C)C. The van der Waals surface area contributed by atoms with E-state index >= 15 is 0 Å². The van der Waals surface area contributed by atoms with Crippen LogP contribution in [0.25, 0.3) is 0 Å². The Morgan fingerprint density at radius 2 is 0.988 bits per heavy atom. The minimum Gasteiger partial charge on any atom is -0.595 e. The lowest BCUT2D eigenvalue weighted by Crippen LogP contribution is -2.99. The van der Waals surface area contributed by atoms with E-state index in [1.165, 1.54) is 65.2 Å². The van der Waals surface area contributed by atoms with Crippen molar-refractivity contribution in [2.45, 2.75) is 201 Å². The molecule has 27 nitrogen and oxygen atoms in total. The number of esters is 3. The van der Waals surface area contributed by atoms with Gasteiger partial charge in [-0.2, -0.15) is 5.23 Å². The van der Waals surface area contributed by atoms with E-state index < -0.39 is 76.5 Å². The molecule has 1 unspecified atom stereocenters. The number of carbonyl (C=O) groups is 9. The van der Waals surface area contributed by atoms with E-state index in [0.717, 1.165) is 45.1 Å². The predicted molar refractivity (Wildman–Crippen MR) is 308 cm³/mol. The molecule has 5 aliphatic heterocycles. The fourth-order valence-corrected chi connectivity index (χ4v) is 10.8. The molecule has 0 radical (unpaired) electrons. The number of methoxy groups -OCH3 is 3. The molecule has 0 aromatic heterocycles. The molecule has 9 rings (SSSR count). The Bertz CT molecular complexity index is 2520.